The van der Waals surface area contributed by atoms with Gasteiger partial charge in [-0.1, -0.05) is 28.1 Å². The summed E-state index contributed by atoms with van der Waals surface area (Å²) >= 11 is 8.22. The molecule has 18 heavy (non-hydrogen) atoms. The number of aromatic nitrogens is 1. The van der Waals surface area contributed by atoms with Gasteiger partial charge in [-0.15, -0.1) is 0 Å². The largest absolute Gasteiger partial charge is 0.389 e. The summed E-state index contributed by atoms with van der Waals surface area (Å²) in [5.74, 6) is -0.365. The van der Waals surface area contributed by atoms with Crippen LogP contribution in [-0.4, -0.2) is 9.97 Å². The Balaban J connectivity index is 2.40. The Labute approximate surface area is 117 Å². The van der Waals surface area contributed by atoms with Crippen LogP contribution >= 0.6 is 28.1 Å². The second-order valence-electron chi connectivity index (χ2n) is 3.53. The lowest BCUT2D eigenvalue weighted by molar-refractivity contribution is 0.631. The quantitative estimate of drug-likeness (QED) is 0.849. The second-order valence-corrected chi connectivity index (χ2v) is 4.89. The molecule has 0 fully saturated rings. The molecule has 0 aliphatic heterocycles. The number of halogens is 2. The van der Waals surface area contributed by atoms with E-state index in [4.69, 9.17) is 18.0 Å². The molecule has 92 valence electrons. The first-order chi connectivity index (χ1) is 8.58. The molecular weight excluding hydrogens is 317 g/mol. The molecule has 0 aliphatic rings. The van der Waals surface area contributed by atoms with Crippen molar-refractivity contribution in [3.63, 3.8) is 0 Å². The first kappa shape index (κ1) is 12.9. The molecule has 2 aromatic rings. The van der Waals surface area contributed by atoms with Gasteiger partial charge >= 0.3 is 0 Å². The fourth-order valence-electron chi connectivity index (χ4n) is 1.45. The summed E-state index contributed by atoms with van der Waals surface area (Å²) in [5, 5.41) is 2.93. The highest BCUT2D eigenvalue weighted by atomic mass is 79.9. The van der Waals surface area contributed by atoms with Gasteiger partial charge in [0.1, 0.15) is 10.8 Å². The van der Waals surface area contributed by atoms with Crippen LogP contribution in [0, 0.1) is 5.82 Å². The first-order valence-corrected chi connectivity index (χ1v) is 6.24. The monoisotopic (exact) mass is 325 g/mol. The SMILES string of the molecule is NC(=S)c1ccncc1Nc1cc(Br)ccc1F. The molecule has 0 saturated heterocycles. The molecule has 0 saturated carbocycles. The Morgan fingerprint density at radius 2 is 2.11 bits per heavy atom. The second kappa shape index (κ2) is 5.41. The summed E-state index contributed by atoms with van der Waals surface area (Å²) in [5.41, 5.74) is 7.12. The fourth-order valence-corrected chi connectivity index (χ4v) is 1.99. The van der Waals surface area contributed by atoms with Crippen molar-refractivity contribution >= 4 is 44.5 Å². The summed E-state index contributed by atoms with van der Waals surface area (Å²) in [6.45, 7) is 0. The van der Waals surface area contributed by atoms with Crippen molar-refractivity contribution in [2.45, 2.75) is 0 Å². The average molecular weight is 326 g/mol. The Morgan fingerprint density at radius 3 is 2.83 bits per heavy atom. The topological polar surface area (TPSA) is 50.9 Å². The van der Waals surface area contributed by atoms with Gasteiger partial charge in [0, 0.05) is 16.2 Å². The van der Waals surface area contributed by atoms with Gasteiger partial charge in [-0.3, -0.25) is 4.98 Å². The van der Waals surface area contributed by atoms with Crippen LogP contribution in [0.25, 0.3) is 0 Å². The number of hydrogen-bond acceptors (Lipinski definition) is 3. The van der Waals surface area contributed by atoms with Crippen LogP contribution in [0.1, 0.15) is 5.56 Å². The predicted octanol–water partition coefficient (Wildman–Crippen LogP) is 3.36. The van der Waals surface area contributed by atoms with E-state index in [2.05, 4.69) is 26.2 Å². The molecule has 3 nitrogen and oxygen atoms in total. The average Bonchev–Trinajstić information content (AvgIpc) is 2.34. The number of rotatable bonds is 3. The molecule has 0 unspecified atom stereocenters. The molecule has 6 heteroatoms. The van der Waals surface area contributed by atoms with Gasteiger partial charge in [0.05, 0.1) is 17.6 Å². The molecule has 0 bridgehead atoms. The smallest absolute Gasteiger partial charge is 0.146 e. The third-order valence-electron chi connectivity index (χ3n) is 2.28. The van der Waals surface area contributed by atoms with Crippen molar-refractivity contribution in [3.8, 4) is 0 Å². The number of hydrogen-bond donors (Lipinski definition) is 2. The van der Waals surface area contributed by atoms with E-state index in [1.165, 1.54) is 6.07 Å². The van der Waals surface area contributed by atoms with Gasteiger partial charge in [0.25, 0.3) is 0 Å². The molecular formula is C12H9BrFN3S. The fraction of sp³-hybridized carbons (Fsp3) is 0. The van der Waals surface area contributed by atoms with Crippen molar-refractivity contribution in [1.29, 1.82) is 0 Å². The molecule has 0 radical (unpaired) electrons. The number of nitrogens with zero attached hydrogens (tertiary/aromatic N) is 1. The molecule has 1 heterocycles. The molecule has 0 amide bonds. The van der Waals surface area contributed by atoms with E-state index < -0.39 is 0 Å². The third kappa shape index (κ3) is 2.83. The zero-order chi connectivity index (χ0) is 13.1. The van der Waals surface area contributed by atoms with Crippen LogP contribution in [0.4, 0.5) is 15.8 Å². The highest BCUT2D eigenvalue weighted by Crippen LogP contribution is 2.25. The summed E-state index contributed by atoms with van der Waals surface area (Å²) < 4.78 is 14.4. The lowest BCUT2D eigenvalue weighted by Crippen LogP contribution is -2.12. The van der Waals surface area contributed by atoms with E-state index in [-0.39, 0.29) is 10.8 Å². The first-order valence-electron chi connectivity index (χ1n) is 5.04. The maximum Gasteiger partial charge on any atom is 0.146 e. The van der Waals surface area contributed by atoms with Gasteiger partial charge in [-0.2, -0.15) is 0 Å². The predicted molar refractivity (Wildman–Crippen MR) is 77.5 cm³/mol. The Morgan fingerprint density at radius 1 is 1.33 bits per heavy atom. The van der Waals surface area contributed by atoms with E-state index in [1.807, 2.05) is 0 Å². The standard InChI is InChI=1S/C12H9BrFN3S/c13-7-1-2-9(14)10(5-7)17-11-6-16-4-3-8(11)12(15)18/h1-6,17H,(H2,15,18). The number of thiocarbonyl (C=S) groups is 1. The minimum atomic E-state index is -0.365. The molecule has 1 aromatic carbocycles. The highest BCUT2D eigenvalue weighted by molar-refractivity contribution is 9.10. The lowest BCUT2D eigenvalue weighted by atomic mass is 10.2. The van der Waals surface area contributed by atoms with Crippen LogP contribution in [-0.2, 0) is 0 Å². The van der Waals surface area contributed by atoms with Crippen LogP contribution in [0.5, 0.6) is 0 Å². The third-order valence-corrected chi connectivity index (χ3v) is 3.00. The lowest BCUT2D eigenvalue weighted by Gasteiger charge is -2.11. The van der Waals surface area contributed by atoms with E-state index in [0.29, 0.717) is 16.9 Å². The summed E-state index contributed by atoms with van der Waals surface area (Å²) in [6.07, 6.45) is 3.13. The minimum absolute atomic E-state index is 0.232. The molecule has 0 spiro atoms. The normalized spacial score (nSPS) is 10.1. The highest BCUT2D eigenvalue weighted by Gasteiger charge is 2.08. The zero-order valence-corrected chi connectivity index (χ0v) is 11.6. The molecule has 1 aromatic heterocycles. The van der Waals surface area contributed by atoms with Gasteiger partial charge in [-0.05, 0) is 24.3 Å². The summed E-state index contributed by atoms with van der Waals surface area (Å²) in [4.78, 5) is 4.20. The molecule has 2 rings (SSSR count). The van der Waals surface area contributed by atoms with Gasteiger partial charge < -0.3 is 11.1 Å². The Kier molecular flexibility index (Phi) is 3.88. The van der Waals surface area contributed by atoms with Gasteiger partial charge in [-0.25, -0.2) is 4.39 Å². The van der Waals surface area contributed by atoms with Gasteiger partial charge in [0.15, 0.2) is 0 Å². The minimum Gasteiger partial charge on any atom is -0.389 e. The summed E-state index contributed by atoms with van der Waals surface area (Å²) in [6, 6.07) is 6.30. The van der Waals surface area contributed by atoms with E-state index in [0.717, 1.165) is 4.47 Å². The number of nitrogens with one attached hydrogen (secondary N) is 1. The van der Waals surface area contributed by atoms with Crippen LogP contribution in [0.15, 0.2) is 41.1 Å². The van der Waals surface area contributed by atoms with E-state index >= 15 is 0 Å². The number of pyridine rings is 1. The maximum atomic E-state index is 13.6. The number of nitrogens with two attached hydrogens (primary N) is 1. The van der Waals surface area contributed by atoms with Crippen molar-refractivity contribution < 1.29 is 4.39 Å². The Hall–Kier alpha value is -1.53. The summed E-state index contributed by atoms with van der Waals surface area (Å²) in [7, 11) is 0. The van der Waals surface area contributed by atoms with Crippen LogP contribution in [0.3, 0.4) is 0 Å². The molecule has 0 atom stereocenters. The van der Waals surface area contributed by atoms with Gasteiger partial charge in [0.2, 0.25) is 0 Å². The van der Waals surface area contributed by atoms with Crippen molar-refractivity contribution in [2.75, 3.05) is 5.32 Å². The number of benzene rings is 1. The van der Waals surface area contributed by atoms with Crippen LogP contribution in [0.2, 0.25) is 0 Å². The van der Waals surface area contributed by atoms with Crippen molar-refractivity contribution in [3.05, 3.63) is 52.5 Å². The molecule has 0 aliphatic carbocycles. The van der Waals surface area contributed by atoms with E-state index in [1.54, 1.807) is 30.6 Å². The zero-order valence-electron chi connectivity index (χ0n) is 9.15. The van der Waals surface area contributed by atoms with Crippen LogP contribution < -0.4 is 11.1 Å². The Bertz CT molecular complexity index is 604. The van der Waals surface area contributed by atoms with Crippen molar-refractivity contribution in [1.82, 2.24) is 4.98 Å². The number of anilines is 2. The maximum absolute atomic E-state index is 13.6. The van der Waals surface area contributed by atoms with Crippen molar-refractivity contribution in [2.24, 2.45) is 5.73 Å². The van der Waals surface area contributed by atoms with E-state index in [9.17, 15) is 4.39 Å². The molecule has 3 N–H and O–H groups in total.